The lowest BCUT2D eigenvalue weighted by Crippen LogP contribution is -2.13. The Morgan fingerprint density at radius 1 is 1.50 bits per heavy atom. The van der Waals surface area contributed by atoms with Gasteiger partial charge in [0.2, 0.25) is 0 Å². The Morgan fingerprint density at radius 2 is 2.25 bits per heavy atom. The van der Waals surface area contributed by atoms with Gasteiger partial charge in [0, 0.05) is 6.54 Å². The summed E-state index contributed by atoms with van der Waals surface area (Å²) in [5, 5.41) is 7.93. The molecule has 0 saturated heterocycles. The Hall–Kier alpha value is -0.900. The lowest BCUT2D eigenvalue weighted by atomic mass is 10.2. The Kier molecular flexibility index (Phi) is 2.08. The molecule has 2 N–H and O–H groups in total. The van der Waals surface area contributed by atoms with Gasteiger partial charge in [-0.3, -0.25) is 0 Å². The highest BCUT2D eigenvalue weighted by Crippen LogP contribution is 2.29. The van der Waals surface area contributed by atoms with Crippen molar-refractivity contribution in [3.63, 3.8) is 0 Å². The Morgan fingerprint density at radius 3 is 2.92 bits per heavy atom. The standard InChI is InChI=1S/C8H14N4/c9-5-8-6-10-11-12(8)7-3-1-2-4-7/h6-7H,1-5,9H2. The van der Waals surface area contributed by atoms with Crippen LogP contribution < -0.4 is 5.73 Å². The second-order valence-electron chi connectivity index (χ2n) is 3.31. The molecular formula is C8H14N4. The van der Waals surface area contributed by atoms with E-state index in [1.165, 1.54) is 25.7 Å². The van der Waals surface area contributed by atoms with Gasteiger partial charge in [-0.2, -0.15) is 0 Å². The highest BCUT2D eigenvalue weighted by Gasteiger charge is 2.19. The predicted octanol–water partition coefficient (Wildman–Crippen LogP) is 0.852. The molecule has 1 aliphatic carbocycles. The molecule has 2 rings (SSSR count). The first-order valence-corrected chi connectivity index (χ1v) is 4.51. The Balaban J connectivity index is 2.19. The van der Waals surface area contributed by atoms with E-state index in [0.717, 1.165) is 5.69 Å². The smallest absolute Gasteiger partial charge is 0.0738 e. The molecule has 12 heavy (non-hydrogen) atoms. The van der Waals surface area contributed by atoms with Crippen LogP contribution in [0.25, 0.3) is 0 Å². The van der Waals surface area contributed by atoms with E-state index in [1.807, 2.05) is 4.68 Å². The van der Waals surface area contributed by atoms with Crippen molar-refractivity contribution in [1.82, 2.24) is 15.0 Å². The lowest BCUT2D eigenvalue weighted by Gasteiger charge is -2.10. The monoisotopic (exact) mass is 166 g/mol. The van der Waals surface area contributed by atoms with Crippen molar-refractivity contribution in [3.8, 4) is 0 Å². The number of rotatable bonds is 2. The van der Waals surface area contributed by atoms with Gasteiger partial charge in [0.05, 0.1) is 17.9 Å². The average Bonchev–Trinajstić information content (AvgIpc) is 2.74. The summed E-state index contributed by atoms with van der Waals surface area (Å²) in [6, 6.07) is 0.561. The van der Waals surface area contributed by atoms with Crippen molar-refractivity contribution >= 4 is 0 Å². The maximum atomic E-state index is 5.56. The maximum Gasteiger partial charge on any atom is 0.0738 e. The normalized spacial score (nSPS) is 18.8. The predicted molar refractivity (Wildman–Crippen MR) is 45.4 cm³/mol. The fourth-order valence-electron chi connectivity index (χ4n) is 1.87. The molecule has 1 fully saturated rings. The second-order valence-corrected chi connectivity index (χ2v) is 3.31. The molecule has 0 aromatic carbocycles. The summed E-state index contributed by atoms with van der Waals surface area (Å²) in [7, 11) is 0. The van der Waals surface area contributed by atoms with Crippen LogP contribution in [0.3, 0.4) is 0 Å². The highest BCUT2D eigenvalue weighted by atomic mass is 15.4. The molecule has 0 aliphatic heterocycles. The second kappa shape index (κ2) is 3.23. The number of aromatic nitrogens is 3. The van der Waals surface area contributed by atoms with Crippen LogP contribution >= 0.6 is 0 Å². The van der Waals surface area contributed by atoms with E-state index in [1.54, 1.807) is 6.20 Å². The van der Waals surface area contributed by atoms with Gasteiger partial charge in [-0.15, -0.1) is 5.10 Å². The first-order valence-electron chi connectivity index (χ1n) is 4.51. The van der Waals surface area contributed by atoms with E-state index in [9.17, 15) is 0 Å². The van der Waals surface area contributed by atoms with Crippen molar-refractivity contribution in [2.24, 2.45) is 5.73 Å². The topological polar surface area (TPSA) is 56.7 Å². The maximum absolute atomic E-state index is 5.56. The first-order chi connectivity index (χ1) is 5.92. The van der Waals surface area contributed by atoms with Gasteiger partial charge in [-0.25, -0.2) is 4.68 Å². The summed E-state index contributed by atoms with van der Waals surface area (Å²) >= 11 is 0. The van der Waals surface area contributed by atoms with Gasteiger partial charge in [0.25, 0.3) is 0 Å². The molecule has 4 nitrogen and oxygen atoms in total. The molecule has 0 amide bonds. The molecule has 1 aromatic heterocycles. The van der Waals surface area contributed by atoms with Gasteiger partial charge in [0.1, 0.15) is 0 Å². The summed E-state index contributed by atoms with van der Waals surface area (Å²) in [5.74, 6) is 0. The Bertz CT molecular complexity index is 249. The zero-order valence-electron chi connectivity index (χ0n) is 7.11. The molecule has 1 saturated carbocycles. The number of hydrogen-bond donors (Lipinski definition) is 1. The lowest BCUT2D eigenvalue weighted by molar-refractivity contribution is 0.439. The molecule has 0 atom stereocenters. The zero-order valence-corrected chi connectivity index (χ0v) is 7.11. The largest absolute Gasteiger partial charge is 0.325 e. The summed E-state index contributed by atoms with van der Waals surface area (Å²) in [6.07, 6.45) is 6.86. The molecule has 0 radical (unpaired) electrons. The molecular weight excluding hydrogens is 152 g/mol. The van der Waals surface area contributed by atoms with Crippen molar-refractivity contribution in [2.45, 2.75) is 38.3 Å². The van der Waals surface area contributed by atoms with Crippen molar-refractivity contribution < 1.29 is 0 Å². The van der Waals surface area contributed by atoms with Crippen LogP contribution in [0.1, 0.15) is 37.4 Å². The summed E-state index contributed by atoms with van der Waals surface area (Å²) in [4.78, 5) is 0. The van der Waals surface area contributed by atoms with Crippen molar-refractivity contribution in [3.05, 3.63) is 11.9 Å². The molecule has 66 valence electrons. The SMILES string of the molecule is NCc1cnnn1C1CCCC1. The molecule has 4 heteroatoms. The molecule has 0 bridgehead atoms. The zero-order chi connectivity index (χ0) is 8.39. The first kappa shape index (κ1) is 7.73. The molecule has 0 spiro atoms. The summed E-state index contributed by atoms with van der Waals surface area (Å²) < 4.78 is 1.99. The molecule has 0 unspecified atom stereocenters. The van der Waals surface area contributed by atoms with Crippen LogP contribution in [-0.4, -0.2) is 15.0 Å². The van der Waals surface area contributed by atoms with Gasteiger partial charge >= 0.3 is 0 Å². The van der Waals surface area contributed by atoms with Crippen molar-refractivity contribution in [2.75, 3.05) is 0 Å². The molecule has 1 aliphatic rings. The fourth-order valence-corrected chi connectivity index (χ4v) is 1.87. The van der Waals surface area contributed by atoms with Crippen molar-refractivity contribution in [1.29, 1.82) is 0 Å². The van der Waals surface area contributed by atoms with Gasteiger partial charge in [-0.1, -0.05) is 18.1 Å². The highest BCUT2D eigenvalue weighted by molar-refractivity contribution is 4.95. The summed E-state index contributed by atoms with van der Waals surface area (Å²) in [5.41, 5.74) is 6.62. The van der Waals surface area contributed by atoms with Gasteiger partial charge in [0.15, 0.2) is 0 Å². The van der Waals surface area contributed by atoms with E-state index in [2.05, 4.69) is 10.3 Å². The van der Waals surface area contributed by atoms with Gasteiger partial charge < -0.3 is 5.73 Å². The summed E-state index contributed by atoms with van der Waals surface area (Å²) in [6.45, 7) is 0.545. The third kappa shape index (κ3) is 1.22. The van der Waals surface area contributed by atoms with E-state index < -0.39 is 0 Å². The fraction of sp³-hybridized carbons (Fsp3) is 0.750. The van der Waals surface area contributed by atoms with Crippen LogP contribution in [0.2, 0.25) is 0 Å². The minimum absolute atomic E-state index is 0.545. The van der Waals surface area contributed by atoms with E-state index in [0.29, 0.717) is 12.6 Å². The minimum atomic E-state index is 0.545. The van der Waals surface area contributed by atoms with Crippen LogP contribution in [0.4, 0.5) is 0 Å². The van der Waals surface area contributed by atoms with Crippen LogP contribution in [0, 0.1) is 0 Å². The number of hydrogen-bond acceptors (Lipinski definition) is 3. The third-order valence-corrected chi connectivity index (χ3v) is 2.53. The van der Waals surface area contributed by atoms with E-state index in [4.69, 9.17) is 5.73 Å². The molecule has 1 heterocycles. The van der Waals surface area contributed by atoms with E-state index >= 15 is 0 Å². The number of nitrogens with two attached hydrogens (primary N) is 1. The van der Waals surface area contributed by atoms with Crippen LogP contribution in [0.15, 0.2) is 6.20 Å². The van der Waals surface area contributed by atoms with Crippen LogP contribution in [0.5, 0.6) is 0 Å². The van der Waals surface area contributed by atoms with Gasteiger partial charge in [-0.05, 0) is 12.8 Å². The third-order valence-electron chi connectivity index (χ3n) is 2.53. The van der Waals surface area contributed by atoms with Crippen LogP contribution in [-0.2, 0) is 6.54 Å². The number of nitrogens with zero attached hydrogens (tertiary/aromatic N) is 3. The quantitative estimate of drug-likeness (QED) is 0.708. The van der Waals surface area contributed by atoms with E-state index in [-0.39, 0.29) is 0 Å². The Labute approximate surface area is 71.8 Å². The molecule has 1 aromatic rings. The minimum Gasteiger partial charge on any atom is -0.325 e. The average molecular weight is 166 g/mol.